The maximum Gasteiger partial charge on any atom is 0.261 e. The van der Waals surface area contributed by atoms with Crippen LogP contribution in [0.2, 0.25) is 0 Å². The average Bonchev–Trinajstić information content (AvgIpc) is 2.73. The highest BCUT2D eigenvalue weighted by Crippen LogP contribution is 2.20. The summed E-state index contributed by atoms with van der Waals surface area (Å²) in [6, 6.07) is 13.1. The first-order valence-electron chi connectivity index (χ1n) is 9.69. The van der Waals surface area contributed by atoms with Crippen molar-refractivity contribution in [1.82, 2.24) is 9.62 Å². The lowest BCUT2D eigenvalue weighted by molar-refractivity contribution is 0.0974. The van der Waals surface area contributed by atoms with E-state index < -0.39 is 15.9 Å². The van der Waals surface area contributed by atoms with Gasteiger partial charge in [-0.25, -0.2) is 8.42 Å². The lowest BCUT2D eigenvalue weighted by Gasteiger charge is -2.21. The number of carbonyl (C=O) groups is 1. The third kappa shape index (κ3) is 6.01. The first kappa shape index (κ1) is 23.8. The molecule has 1 amide bonds. The predicted octanol–water partition coefficient (Wildman–Crippen LogP) is 3.63. The molecule has 0 unspecified atom stereocenters. The fraction of sp³-hybridized carbons (Fsp3) is 0.333. The Hall–Kier alpha value is -2.49. The van der Waals surface area contributed by atoms with Crippen LogP contribution in [0.5, 0.6) is 5.75 Å². The van der Waals surface area contributed by atoms with E-state index in [0.29, 0.717) is 30.1 Å². The van der Waals surface area contributed by atoms with Gasteiger partial charge >= 0.3 is 0 Å². The molecule has 0 atom stereocenters. The van der Waals surface area contributed by atoms with Crippen LogP contribution in [-0.4, -0.2) is 43.9 Å². The van der Waals surface area contributed by atoms with E-state index >= 15 is 0 Å². The molecule has 0 aliphatic carbocycles. The zero-order valence-corrected chi connectivity index (χ0v) is 19.0. The van der Waals surface area contributed by atoms with Gasteiger partial charge in [-0.3, -0.25) is 10.1 Å². The molecule has 0 aliphatic heterocycles. The number of hydrogen-bond acceptors (Lipinski definition) is 5. The Morgan fingerprint density at radius 3 is 2.20 bits per heavy atom. The Kier molecular flexibility index (Phi) is 8.76. The van der Waals surface area contributed by atoms with Gasteiger partial charge in [0.05, 0.1) is 17.6 Å². The number of rotatable bonds is 9. The van der Waals surface area contributed by atoms with Gasteiger partial charge in [-0.1, -0.05) is 26.0 Å². The van der Waals surface area contributed by atoms with Crippen LogP contribution in [0.25, 0.3) is 0 Å². The lowest BCUT2D eigenvalue weighted by Crippen LogP contribution is -2.34. The van der Waals surface area contributed by atoms with Crippen molar-refractivity contribution < 1.29 is 17.9 Å². The number of carbonyl (C=O) groups excluding carboxylic acids is 1. The van der Waals surface area contributed by atoms with E-state index in [0.717, 1.165) is 12.8 Å². The number of hydrogen-bond donors (Lipinski definition) is 2. The highest BCUT2D eigenvalue weighted by atomic mass is 32.2. The Labute approximate surface area is 183 Å². The van der Waals surface area contributed by atoms with Gasteiger partial charge in [0.2, 0.25) is 10.0 Å². The molecule has 0 saturated carbocycles. The molecule has 30 heavy (non-hydrogen) atoms. The molecule has 0 aromatic heterocycles. The minimum absolute atomic E-state index is 0.0973. The third-order valence-corrected chi connectivity index (χ3v) is 6.39. The molecular formula is C21H27N3O4S2. The van der Waals surface area contributed by atoms with Crippen LogP contribution in [-0.2, 0) is 10.0 Å². The van der Waals surface area contributed by atoms with Gasteiger partial charge in [0.1, 0.15) is 5.75 Å². The van der Waals surface area contributed by atoms with Crippen molar-refractivity contribution in [2.24, 2.45) is 0 Å². The fourth-order valence-corrected chi connectivity index (χ4v) is 4.71. The maximum atomic E-state index is 12.8. The second-order valence-corrected chi connectivity index (χ2v) is 8.88. The Balaban J connectivity index is 2.06. The van der Waals surface area contributed by atoms with Crippen LogP contribution in [0, 0.1) is 0 Å². The number of anilines is 1. The molecule has 2 aromatic rings. The fourth-order valence-electron chi connectivity index (χ4n) is 2.88. The summed E-state index contributed by atoms with van der Waals surface area (Å²) in [5.74, 6) is 0.0370. The van der Waals surface area contributed by atoms with E-state index in [1.807, 2.05) is 13.8 Å². The van der Waals surface area contributed by atoms with Crippen molar-refractivity contribution >= 4 is 38.9 Å². The normalized spacial score (nSPS) is 11.2. The van der Waals surface area contributed by atoms with Gasteiger partial charge in [-0.2, -0.15) is 4.31 Å². The Bertz CT molecular complexity index is 970. The largest absolute Gasteiger partial charge is 0.496 e. The van der Waals surface area contributed by atoms with Crippen LogP contribution in [0.4, 0.5) is 5.69 Å². The molecule has 0 fully saturated rings. The minimum Gasteiger partial charge on any atom is -0.496 e. The molecule has 0 heterocycles. The summed E-state index contributed by atoms with van der Waals surface area (Å²) in [4.78, 5) is 12.6. The molecule has 2 aromatic carbocycles. The van der Waals surface area contributed by atoms with Gasteiger partial charge in [0, 0.05) is 18.8 Å². The standard InChI is InChI=1S/C21H27N3O4S2/c1-4-14-24(15-5-2)30(26,27)17-12-10-16(11-13-17)22-21(29)23-20(25)18-8-6-7-9-19(18)28-3/h6-13H,4-5,14-15H2,1-3H3,(H2,22,23,25,29). The minimum atomic E-state index is -3.54. The number of amides is 1. The van der Waals surface area contributed by atoms with Gasteiger partial charge in [-0.15, -0.1) is 0 Å². The summed E-state index contributed by atoms with van der Waals surface area (Å²) in [6.07, 6.45) is 1.50. The zero-order valence-electron chi connectivity index (χ0n) is 17.3. The maximum absolute atomic E-state index is 12.8. The van der Waals surface area contributed by atoms with Crippen molar-refractivity contribution in [2.45, 2.75) is 31.6 Å². The summed E-state index contributed by atoms with van der Waals surface area (Å²) in [7, 11) is -2.06. The first-order chi connectivity index (χ1) is 14.3. The summed E-state index contributed by atoms with van der Waals surface area (Å²) < 4.78 is 32.3. The zero-order chi connectivity index (χ0) is 22.1. The quantitative estimate of drug-likeness (QED) is 0.569. The van der Waals surface area contributed by atoms with Crippen LogP contribution in [0.15, 0.2) is 53.4 Å². The molecule has 9 heteroatoms. The van der Waals surface area contributed by atoms with Gasteiger partial charge in [-0.05, 0) is 61.5 Å². The summed E-state index contributed by atoms with van der Waals surface area (Å²) >= 11 is 5.20. The Morgan fingerprint density at radius 2 is 1.63 bits per heavy atom. The number of ether oxygens (including phenoxy) is 1. The monoisotopic (exact) mass is 449 g/mol. The van der Waals surface area contributed by atoms with E-state index in [9.17, 15) is 13.2 Å². The molecule has 0 aliphatic rings. The van der Waals surface area contributed by atoms with E-state index in [-0.39, 0.29) is 10.0 Å². The molecular weight excluding hydrogens is 422 g/mol. The van der Waals surface area contributed by atoms with Crippen molar-refractivity contribution in [2.75, 3.05) is 25.5 Å². The lowest BCUT2D eigenvalue weighted by atomic mass is 10.2. The van der Waals surface area contributed by atoms with E-state index in [1.165, 1.54) is 23.5 Å². The molecule has 0 spiro atoms. The van der Waals surface area contributed by atoms with Gasteiger partial charge < -0.3 is 10.1 Å². The smallest absolute Gasteiger partial charge is 0.261 e. The van der Waals surface area contributed by atoms with E-state index in [1.54, 1.807) is 36.4 Å². The molecule has 0 bridgehead atoms. The van der Waals surface area contributed by atoms with Crippen molar-refractivity contribution in [3.05, 3.63) is 54.1 Å². The van der Waals surface area contributed by atoms with Crippen molar-refractivity contribution in [3.63, 3.8) is 0 Å². The average molecular weight is 450 g/mol. The second-order valence-electron chi connectivity index (χ2n) is 6.54. The number of nitrogens with one attached hydrogen (secondary N) is 2. The molecule has 0 radical (unpaired) electrons. The van der Waals surface area contributed by atoms with Gasteiger partial charge in [0.15, 0.2) is 5.11 Å². The van der Waals surface area contributed by atoms with Gasteiger partial charge in [0.25, 0.3) is 5.91 Å². The summed E-state index contributed by atoms with van der Waals surface area (Å²) in [5, 5.41) is 5.58. The molecule has 2 N–H and O–H groups in total. The number of sulfonamides is 1. The number of para-hydroxylation sites is 1. The second kappa shape index (κ2) is 11.1. The van der Waals surface area contributed by atoms with E-state index in [2.05, 4.69) is 10.6 Å². The van der Waals surface area contributed by atoms with Crippen molar-refractivity contribution in [1.29, 1.82) is 0 Å². The molecule has 7 nitrogen and oxygen atoms in total. The van der Waals surface area contributed by atoms with Crippen LogP contribution < -0.4 is 15.4 Å². The van der Waals surface area contributed by atoms with Crippen LogP contribution in [0.3, 0.4) is 0 Å². The highest BCUT2D eigenvalue weighted by molar-refractivity contribution is 7.89. The predicted molar refractivity (Wildman–Crippen MR) is 122 cm³/mol. The van der Waals surface area contributed by atoms with E-state index in [4.69, 9.17) is 17.0 Å². The summed E-state index contributed by atoms with van der Waals surface area (Å²) in [6.45, 7) is 4.86. The third-order valence-electron chi connectivity index (χ3n) is 4.27. The van der Waals surface area contributed by atoms with Crippen LogP contribution >= 0.6 is 12.2 Å². The Morgan fingerprint density at radius 1 is 1.03 bits per heavy atom. The topological polar surface area (TPSA) is 87.7 Å². The summed E-state index contributed by atoms with van der Waals surface area (Å²) in [5.41, 5.74) is 0.925. The SMILES string of the molecule is CCCN(CCC)S(=O)(=O)c1ccc(NC(=S)NC(=O)c2ccccc2OC)cc1. The number of nitrogens with zero attached hydrogens (tertiary/aromatic N) is 1. The number of benzene rings is 2. The first-order valence-corrected chi connectivity index (χ1v) is 11.5. The number of thiocarbonyl (C=S) groups is 1. The number of methoxy groups -OCH3 is 1. The highest BCUT2D eigenvalue weighted by Gasteiger charge is 2.23. The molecule has 0 saturated heterocycles. The van der Waals surface area contributed by atoms with Crippen molar-refractivity contribution in [3.8, 4) is 5.75 Å². The molecule has 2 rings (SSSR count). The molecule has 162 valence electrons. The van der Waals surface area contributed by atoms with Crippen LogP contribution in [0.1, 0.15) is 37.0 Å².